The van der Waals surface area contributed by atoms with E-state index in [-0.39, 0.29) is 11.5 Å². The van der Waals surface area contributed by atoms with Crippen molar-refractivity contribution in [2.45, 2.75) is 0 Å². The van der Waals surface area contributed by atoms with Gasteiger partial charge in [-0.3, -0.25) is 0 Å². The highest BCUT2D eigenvalue weighted by molar-refractivity contribution is 5.64. The third-order valence-corrected chi connectivity index (χ3v) is 1.38. The number of allylic oxidation sites excluding steroid dienone is 1. The number of ether oxygens (including phenoxy) is 1. The van der Waals surface area contributed by atoms with E-state index in [4.69, 9.17) is 21.0 Å². The van der Waals surface area contributed by atoms with Crippen LogP contribution in [0.1, 0.15) is 5.76 Å². The van der Waals surface area contributed by atoms with Gasteiger partial charge in [-0.1, -0.05) is 0 Å². The van der Waals surface area contributed by atoms with Gasteiger partial charge in [0.1, 0.15) is 0 Å². The number of hydrogen-bond acceptors (Lipinski definition) is 3. The first-order valence-corrected chi connectivity index (χ1v) is 3.43. The summed E-state index contributed by atoms with van der Waals surface area (Å²) in [5, 5.41) is 8.58. The molecule has 0 saturated carbocycles. The maximum atomic E-state index is 8.58. The van der Waals surface area contributed by atoms with Gasteiger partial charge >= 0.3 is 5.70 Å². The van der Waals surface area contributed by atoms with E-state index in [2.05, 4.69) is 4.85 Å². The standard InChI is InChI=1S/C9H6N2O2/c1-11-7(6-10)9(12-2)8-4-3-5-13-8/h3-5H,2H3/b9-7+. The van der Waals surface area contributed by atoms with Crippen LogP contribution < -0.4 is 0 Å². The molecule has 0 N–H and O–H groups in total. The van der Waals surface area contributed by atoms with Crippen molar-refractivity contribution >= 4 is 5.76 Å². The summed E-state index contributed by atoms with van der Waals surface area (Å²) in [6, 6.07) is 5.02. The number of rotatable bonds is 2. The second-order valence-corrected chi connectivity index (χ2v) is 2.08. The van der Waals surface area contributed by atoms with E-state index in [0.29, 0.717) is 5.76 Å². The monoisotopic (exact) mass is 174 g/mol. The summed E-state index contributed by atoms with van der Waals surface area (Å²) < 4.78 is 9.88. The highest BCUT2D eigenvalue weighted by Gasteiger charge is 2.11. The summed E-state index contributed by atoms with van der Waals surface area (Å²) in [7, 11) is 1.39. The second-order valence-electron chi connectivity index (χ2n) is 2.08. The first-order valence-electron chi connectivity index (χ1n) is 3.43. The Morgan fingerprint density at radius 2 is 2.54 bits per heavy atom. The van der Waals surface area contributed by atoms with Crippen LogP contribution in [0.15, 0.2) is 28.5 Å². The molecule has 1 rings (SSSR count). The molecule has 0 fully saturated rings. The van der Waals surface area contributed by atoms with Crippen molar-refractivity contribution in [2.24, 2.45) is 0 Å². The zero-order chi connectivity index (χ0) is 9.68. The predicted octanol–water partition coefficient (Wildman–Crippen LogP) is 2.04. The van der Waals surface area contributed by atoms with Crippen LogP contribution in [0.2, 0.25) is 0 Å². The Kier molecular flexibility index (Phi) is 2.73. The largest absolute Gasteiger partial charge is 0.503 e. The molecule has 1 heterocycles. The molecule has 64 valence electrons. The number of nitriles is 1. The Bertz CT molecular complexity index is 374. The fraction of sp³-hybridized carbons (Fsp3) is 0.111. The highest BCUT2D eigenvalue weighted by Crippen LogP contribution is 2.20. The molecule has 0 saturated heterocycles. The highest BCUT2D eigenvalue weighted by atomic mass is 16.5. The average Bonchev–Trinajstić information content (AvgIpc) is 2.66. The first-order chi connectivity index (χ1) is 6.33. The lowest BCUT2D eigenvalue weighted by Gasteiger charge is -2.01. The molecule has 0 atom stereocenters. The van der Waals surface area contributed by atoms with Gasteiger partial charge in [0.15, 0.2) is 11.5 Å². The van der Waals surface area contributed by atoms with Crippen LogP contribution >= 0.6 is 0 Å². The first kappa shape index (κ1) is 8.89. The number of furan rings is 1. The van der Waals surface area contributed by atoms with Gasteiger partial charge in [0, 0.05) is 0 Å². The van der Waals surface area contributed by atoms with Gasteiger partial charge in [-0.15, -0.1) is 0 Å². The van der Waals surface area contributed by atoms with E-state index in [1.165, 1.54) is 13.4 Å². The minimum Gasteiger partial charge on any atom is -0.503 e. The van der Waals surface area contributed by atoms with Crippen molar-refractivity contribution in [3.05, 3.63) is 41.3 Å². The van der Waals surface area contributed by atoms with Crippen LogP contribution in [0.5, 0.6) is 0 Å². The SMILES string of the molecule is [C-]#[N+]/C(C#N)=C(/OC)c1ccco1. The molecule has 0 amide bonds. The maximum Gasteiger partial charge on any atom is 0.306 e. The van der Waals surface area contributed by atoms with E-state index >= 15 is 0 Å². The van der Waals surface area contributed by atoms with Gasteiger partial charge in [-0.05, 0) is 12.1 Å². The summed E-state index contributed by atoms with van der Waals surface area (Å²) in [5.74, 6) is 0.553. The molecule has 0 spiro atoms. The van der Waals surface area contributed by atoms with Crippen LogP contribution in [-0.4, -0.2) is 7.11 Å². The van der Waals surface area contributed by atoms with E-state index < -0.39 is 0 Å². The molecule has 0 aliphatic carbocycles. The van der Waals surface area contributed by atoms with Crippen LogP contribution in [0.25, 0.3) is 10.6 Å². The van der Waals surface area contributed by atoms with Gasteiger partial charge in [0.05, 0.1) is 26.0 Å². The van der Waals surface area contributed by atoms with Crippen LogP contribution in [0, 0.1) is 17.9 Å². The Labute approximate surface area is 75.5 Å². The van der Waals surface area contributed by atoms with Crippen LogP contribution in [0.3, 0.4) is 0 Å². The van der Waals surface area contributed by atoms with E-state index in [9.17, 15) is 0 Å². The molecule has 0 aromatic carbocycles. The summed E-state index contributed by atoms with van der Waals surface area (Å²) >= 11 is 0. The smallest absolute Gasteiger partial charge is 0.306 e. The second kappa shape index (κ2) is 3.99. The average molecular weight is 174 g/mol. The van der Waals surface area contributed by atoms with E-state index in [1.807, 2.05) is 0 Å². The Balaban J connectivity index is 3.21. The quantitative estimate of drug-likeness (QED) is 0.391. The van der Waals surface area contributed by atoms with Crippen molar-refractivity contribution in [3.8, 4) is 6.07 Å². The molecule has 4 heteroatoms. The van der Waals surface area contributed by atoms with Crippen molar-refractivity contribution in [2.75, 3.05) is 7.11 Å². The molecular formula is C9H6N2O2. The van der Waals surface area contributed by atoms with Crippen molar-refractivity contribution in [1.82, 2.24) is 0 Å². The number of hydrogen-bond donors (Lipinski definition) is 0. The molecule has 4 nitrogen and oxygen atoms in total. The maximum absolute atomic E-state index is 8.58. The minimum absolute atomic E-state index is 0.113. The zero-order valence-corrected chi connectivity index (χ0v) is 6.94. The molecule has 1 aromatic rings. The lowest BCUT2D eigenvalue weighted by molar-refractivity contribution is 0.350. The van der Waals surface area contributed by atoms with Crippen LogP contribution in [-0.2, 0) is 4.74 Å². The molecule has 1 aromatic heterocycles. The Hall–Kier alpha value is -2.20. The summed E-state index contributed by atoms with van der Waals surface area (Å²) in [6.07, 6.45) is 1.45. The van der Waals surface area contributed by atoms with Crippen molar-refractivity contribution < 1.29 is 9.15 Å². The van der Waals surface area contributed by atoms with Gasteiger partial charge < -0.3 is 9.15 Å². The predicted molar refractivity (Wildman–Crippen MR) is 44.9 cm³/mol. The molecule has 0 bridgehead atoms. The fourth-order valence-corrected chi connectivity index (χ4v) is 0.848. The van der Waals surface area contributed by atoms with Gasteiger partial charge in [-0.25, -0.2) is 10.1 Å². The molecule has 13 heavy (non-hydrogen) atoms. The molecule has 0 unspecified atom stereocenters. The molecular weight excluding hydrogens is 168 g/mol. The van der Waals surface area contributed by atoms with Crippen LogP contribution in [0.4, 0.5) is 0 Å². The minimum atomic E-state index is -0.113. The normalized spacial score (nSPS) is 11.0. The number of methoxy groups -OCH3 is 1. The Morgan fingerprint density at radius 1 is 1.77 bits per heavy atom. The Morgan fingerprint density at radius 3 is 2.92 bits per heavy atom. The van der Waals surface area contributed by atoms with Crippen molar-refractivity contribution in [3.63, 3.8) is 0 Å². The van der Waals surface area contributed by atoms with Crippen molar-refractivity contribution in [1.29, 1.82) is 5.26 Å². The lowest BCUT2D eigenvalue weighted by atomic mass is 10.3. The summed E-state index contributed by atoms with van der Waals surface area (Å²) in [5.41, 5.74) is -0.113. The van der Waals surface area contributed by atoms with Gasteiger partial charge in [-0.2, -0.15) is 0 Å². The summed E-state index contributed by atoms with van der Waals surface area (Å²) in [6.45, 7) is 6.72. The van der Waals surface area contributed by atoms with Gasteiger partial charge in [0.25, 0.3) is 0 Å². The molecule has 0 radical (unpaired) electrons. The fourth-order valence-electron chi connectivity index (χ4n) is 0.848. The topological polar surface area (TPSA) is 50.5 Å². The molecule has 0 aliphatic heterocycles. The third-order valence-electron chi connectivity index (χ3n) is 1.38. The van der Waals surface area contributed by atoms with E-state index in [0.717, 1.165) is 0 Å². The van der Waals surface area contributed by atoms with E-state index in [1.54, 1.807) is 18.2 Å². The molecule has 0 aliphatic rings. The zero-order valence-electron chi connectivity index (χ0n) is 6.94. The third kappa shape index (κ3) is 1.69. The summed E-state index contributed by atoms with van der Waals surface area (Å²) in [4.78, 5) is 3.02. The van der Waals surface area contributed by atoms with Gasteiger partial charge in [0.2, 0.25) is 0 Å². The lowest BCUT2D eigenvalue weighted by Crippen LogP contribution is -1.88. The number of nitrogens with zero attached hydrogens (tertiary/aromatic N) is 2.